The predicted molar refractivity (Wildman–Crippen MR) is 121 cm³/mol. The molecule has 0 aliphatic carbocycles. The minimum absolute atomic E-state index is 0.204. The highest BCUT2D eigenvalue weighted by atomic mass is 35.5. The van der Waals surface area contributed by atoms with E-state index >= 15 is 0 Å². The monoisotopic (exact) mass is 448 g/mol. The van der Waals surface area contributed by atoms with E-state index in [-0.39, 0.29) is 23.5 Å². The molecule has 1 aliphatic rings. The standard InChI is InChI=1S/C25H18ClFN2O3/c1-15-10-11-19(26)14-22(15)29-24(31)20(23(30)28-25(29)32)13-17-7-3-2-6-16(17)12-18-8-4-5-9-21(18)27/h2-11,13-14H,12H2,1H3,(H,28,30,32)/b20-13+. The first-order valence-electron chi connectivity index (χ1n) is 9.84. The Kier molecular flexibility index (Phi) is 5.88. The number of hydrogen-bond acceptors (Lipinski definition) is 3. The van der Waals surface area contributed by atoms with Crippen LogP contribution in [0.25, 0.3) is 6.08 Å². The van der Waals surface area contributed by atoms with E-state index in [0.29, 0.717) is 21.7 Å². The van der Waals surface area contributed by atoms with Gasteiger partial charge in [0.1, 0.15) is 11.4 Å². The van der Waals surface area contributed by atoms with Crippen LogP contribution < -0.4 is 10.2 Å². The van der Waals surface area contributed by atoms with Gasteiger partial charge in [-0.25, -0.2) is 14.1 Å². The maximum absolute atomic E-state index is 14.2. The molecule has 160 valence electrons. The molecule has 0 radical (unpaired) electrons. The quantitative estimate of drug-likeness (QED) is 0.449. The molecule has 32 heavy (non-hydrogen) atoms. The second kappa shape index (κ2) is 8.77. The normalized spacial score (nSPS) is 15.3. The average Bonchev–Trinajstić information content (AvgIpc) is 2.76. The van der Waals surface area contributed by atoms with E-state index in [2.05, 4.69) is 5.32 Å². The summed E-state index contributed by atoms with van der Waals surface area (Å²) in [6, 6.07) is 17.5. The number of halogens is 2. The smallest absolute Gasteiger partial charge is 0.273 e. The zero-order valence-electron chi connectivity index (χ0n) is 17.1. The summed E-state index contributed by atoms with van der Waals surface area (Å²) < 4.78 is 14.2. The lowest BCUT2D eigenvalue weighted by molar-refractivity contribution is -0.122. The first kappa shape index (κ1) is 21.5. The molecular formula is C25H18ClFN2O3. The van der Waals surface area contributed by atoms with Gasteiger partial charge in [-0.2, -0.15) is 0 Å². The van der Waals surface area contributed by atoms with Crippen LogP contribution in [0.15, 0.2) is 72.3 Å². The number of amides is 4. The lowest BCUT2D eigenvalue weighted by Gasteiger charge is -2.27. The highest BCUT2D eigenvalue weighted by Crippen LogP contribution is 2.28. The molecule has 0 spiro atoms. The van der Waals surface area contributed by atoms with Crippen LogP contribution >= 0.6 is 11.6 Å². The van der Waals surface area contributed by atoms with Crippen molar-refractivity contribution in [3.8, 4) is 0 Å². The van der Waals surface area contributed by atoms with Gasteiger partial charge >= 0.3 is 6.03 Å². The number of anilines is 1. The third kappa shape index (κ3) is 4.18. The molecule has 1 heterocycles. The van der Waals surface area contributed by atoms with Crippen LogP contribution in [0.3, 0.4) is 0 Å². The molecule has 0 atom stereocenters. The number of imide groups is 2. The molecule has 3 aromatic rings. The Hall–Kier alpha value is -3.77. The van der Waals surface area contributed by atoms with E-state index in [0.717, 1.165) is 10.5 Å². The molecule has 0 unspecified atom stereocenters. The van der Waals surface area contributed by atoms with E-state index in [1.807, 2.05) is 0 Å². The second-order valence-electron chi connectivity index (χ2n) is 7.36. The number of barbiturate groups is 1. The minimum atomic E-state index is -0.845. The number of urea groups is 1. The molecule has 1 aliphatic heterocycles. The van der Waals surface area contributed by atoms with Gasteiger partial charge in [0.15, 0.2) is 0 Å². The fourth-order valence-electron chi connectivity index (χ4n) is 3.54. The molecule has 0 aromatic heterocycles. The van der Waals surface area contributed by atoms with E-state index in [9.17, 15) is 18.8 Å². The van der Waals surface area contributed by atoms with Crippen molar-refractivity contribution >= 4 is 41.2 Å². The van der Waals surface area contributed by atoms with Crippen LogP contribution in [0, 0.1) is 12.7 Å². The molecule has 3 aromatic carbocycles. The van der Waals surface area contributed by atoms with E-state index in [1.165, 1.54) is 18.2 Å². The Bertz CT molecular complexity index is 1290. The van der Waals surface area contributed by atoms with Gasteiger partial charge in [-0.1, -0.05) is 60.1 Å². The predicted octanol–water partition coefficient (Wildman–Crippen LogP) is 5.04. The van der Waals surface area contributed by atoms with Crippen molar-refractivity contribution in [2.45, 2.75) is 13.3 Å². The largest absolute Gasteiger partial charge is 0.335 e. The highest BCUT2D eigenvalue weighted by molar-refractivity contribution is 6.39. The lowest BCUT2D eigenvalue weighted by atomic mass is 9.97. The lowest BCUT2D eigenvalue weighted by Crippen LogP contribution is -2.54. The SMILES string of the molecule is Cc1ccc(Cl)cc1N1C(=O)NC(=O)/C(=C\c2ccccc2Cc2ccccc2F)C1=O. The van der Waals surface area contributed by atoms with E-state index < -0.39 is 17.8 Å². The first-order valence-corrected chi connectivity index (χ1v) is 10.2. The summed E-state index contributed by atoms with van der Waals surface area (Å²) in [7, 11) is 0. The van der Waals surface area contributed by atoms with Crippen molar-refractivity contribution in [2.75, 3.05) is 4.90 Å². The van der Waals surface area contributed by atoms with Gasteiger partial charge in [-0.05, 0) is 53.5 Å². The molecule has 1 fully saturated rings. The molecule has 1 N–H and O–H groups in total. The zero-order valence-corrected chi connectivity index (χ0v) is 17.8. The van der Waals surface area contributed by atoms with Gasteiger partial charge in [-0.15, -0.1) is 0 Å². The Morgan fingerprint density at radius 2 is 1.66 bits per heavy atom. The average molecular weight is 449 g/mol. The number of rotatable bonds is 4. The van der Waals surface area contributed by atoms with Crippen molar-refractivity contribution < 1.29 is 18.8 Å². The first-order chi connectivity index (χ1) is 15.3. The Morgan fingerprint density at radius 1 is 0.969 bits per heavy atom. The van der Waals surface area contributed by atoms with Crippen LogP contribution in [0.1, 0.15) is 22.3 Å². The summed E-state index contributed by atoms with van der Waals surface area (Å²) in [5.74, 6) is -1.89. The van der Waals surface area contributed by atoms with Crippen LogP contribution in [0.2, 0.25) is 5.02 Å². The number of hydrogen-bond donors (Lipinski definition) is 1. The van der Waals surface area contributed by atoms with Crippen molar-refractivity contribution in [1.82, 2.24) is 5.32 Å². The summed E-state index contributed by atoms with van der Waals surface area (Å²) in [6.07, 6.45) is 1.70. The Labute approximate surface area is 189 Å². The third-order valence-electron chi connectivity index (χ3n) is 5.21. The van der Waals surface area contributed by atoms with Gasteiger partial charge in [0, 0.05) is 11.4 Å². The minimum Gasteiger partial charge on any atom is -0.273 e. The summed E-state index contributed by atoms with van der Waals surface area (Å²) >= 11 is 6.05. The summed E-state index contributed by atoms with van der Waals surface area (Å²) in [5.41, 5.74) is 2.53. The number of carbonyl (C=O) groups excluding carboxylic acids is 3. The fraction of sp³-hybridized carbons (Fsp3) is 0.0800. The maximum Gasteiger partial charge on any atom is 0.335 e. The number of benzene rings is 3. The molecule has 1 saturated heterocycles. The summed E-state index contributed by atoms with van der Waals surface area (Å²) in [4.78, 5) is 39.1. The molecular weight excluding hydrogens is 431 g/mol. The Balaban J connectivity index is 1.75. The molecule has 5 nitrogen and oxygen atoms in total. The number of aryl methyl sites for hydroxylation is 1. The van der Waals surface area contributed by atoms with Crippen LogP contribution in [0.5, 0.6) is 0 Å². The van der Waals surface area contributed by atoms with Crippen molar-refractivity contribution in [3.63, 3.8) is 0 Å². The van der Waals surface area contributed by atoms with Crippen LogP contribution in [0.4, 0.5) is 14.9 Å². The summed E-state index contributed by atoms with van der Waals surface area (Å²) in [5, 5.41) is 2.56. The number of nitrogens with one attached hydrogen (secondary N) is 1. The van der Waals surface area contributed by atoms with Gasteiger partial charge in [0.2, 0.25) is 0 Å². The molecule has 0 bridgehead atoms. The van der Waals surface area contributed by atoms with Crippen molar-refractivity contribution in [1.29, 1.82) is 0 Å². The third-order valence-corrected chi connectivity index (χ3v) is 5.44. The fourth-order valence-corrected chi connectivity index (χ4v) is 3.70. The zero-order chi connectivity index (χ0) is 22.8. The summed E-state index contributed by atoms with van der Waals surface area (Å²) in [6.45, 7) is 1.73. The molecule has 7 heteroatoms. The van der Waals surface area contributed by atoms with Crippen LogP contribution in [-0.4, -0.2) is 17.8 Å². The van der Waals surface area contributed by atoms with Crippen LogP contribution in [-0.2, 0) is 16.0 Å². The molecule has 4 rings (SSSR count). The number of nitrogens with zero attached hydrogens (tertiary/aromatic N) is 1. The maximum atomic E-state index is 14.2. The van der Waals surface area contributed by atoms with Crippen molar-refractivity contribution in [3.05, 3.63) is 105 Å². The van der Waals surface area contributed by atoms with Gasteiger partial charge in [0.05, 0.1) is 5.69 Å². The topological polar surface area (TPSA) is 66.5 Å². The molecule has 4 amide bonds. The van der Waals surface area contributed by atoms with Gasteiger partial charge < -0.3 is 0 Å². The van der Waals surface area contributed by atoms with E-state index in [4.69, 9.17) is 11.6 Å². The van der Waals surface area contributed by atoms with E-state index in [1.54, 1.807) is 61.5 Å². The van der Waals surface area contributed by atoms with Gasteiger partial charge in [-0.3, -0.25) is 14.9 Å². The Morgan fingerprint density at radius 3 is 2.41 bits per heavy atom. The highest BCUT2D eigenvalue weighted by Gasteiger charge is 2.37. The second-order valence-corrected chi connectivity index (χ2v) is 7.79. The van der Waals surface area contributed by atoms with Gasteiger partial charge in [0.25, 0.3) is 11.8 Å². The molecule has 0 saturated carbocycles. The number of carbonyl (C=O) groups is 3. The van der Waals surface area contributed by atoms with Crippen molar-refractivity contribution in [2.24, 2.45) is 0 Å².